The van der Waals surface area contributed by atoms with Gasteiger partial charge in [0.05, 0.1) is 32.0 Å². The van der Waals surface area contributed by atoms with Crippen LogP contribution in [0.5, 0.6) is 0 Å². The Hall–Kier alpha value is -2.38. The number of hydrogen-bond donors (Lipinski definition) is 6. The fourth-order valence-electron chi connectivity index (χ4n) is 8.95. The average molecular weight is 1000 g/mol. The SMILES string of the molecule is CCCCC/C=C/CC/C=C/C(O)C(COC1OC(CO)C(O)C(O)C1O)NC(=O)CCCCCCCCC/C=C\C/C=C\CCCCCOC(=O)CCCCCCCCCCCCCCCCCCC. The van der Waals surface area contributed by atoms with Crippen LogP contribution in [0, 0.1) is 0 Å². The Morgan fingerprint density at radius 2 is 0.958 bits per heavy atom. The van der Waals surface area contributed by atoms with Crippen LogP contribution in [-0.4, -0.2) is 100 Å². The van der Waals surface area contributed by atoms with Crippen molar-refractivity contribution in [3.63, 3.8) is 0 Å². The number of aliphatic hydroxyl groups is 5. The molecular weight excluding hydrogens is 895 g/mol. The maximum absolute atomic E-state index is 13.0. The second-order valence-electron chi connectivity index (χ2n) is 20.3. The van der Waals surface area contributed by atoms with Crippen molar-refractivity contribution in [2.45, 2.75) is 301 Å². The van der Waals surface area contributed by atoms with Gasteiger partial charge in [-0.1, -0.05) is 210 Å². The van der Waals surface area contributed by atoms with Gasteiger partial charge in [-0.3, -0.25) is 9.59 Å². The molecule has 7 unspecified atom stereocenters. The van der Waals surface area contributed by atoms with Crippen molar-refractivity contribution in [2.24, 2.45) is 0 Å². The van der Waals surface area contributed by atoms with Crippen LogP contribution in [-0.2, 0) is 23.8 Å². The van der Waals surface area contributed by atoms with Crippen molar-refractivity contribution < 1.29 is 49.3 Å². The Balaban J connectivity index is 2.06. The summed E-state index contributed by atoms with van der Waals surface area (Å²) in [5.74, 6) is -0.241. The normalized spacial score (nSPS) is 19.5. The van der Waals surface area contributed by atoms with Gasteiger partial charge in [0.2, 0.25) is 5.91 Å². The molecule has 0 aromatic rings. The van der Waals surface area contributed by atoms with Gasteiger partial charge in [0.1, 0.15) is 24.4 Å². The van der Waals surface area contributed by atoms with Crippen molar-refractivity contribution in [1.82, 2.24) is 5.32 Å². The lowest BCUT2D eigenvalue weighted by Crippen LogP contribution is -2.60. The third-order valence-electron chi connectivity index (χ3n) is 13.7. The zero-order valence-corrected chi connectivity index (χ0v) is 45.4. The third kappa shape index (κ3) is 39.7. The van der Waals surface area contributed by atoms with Gasteiger partial charge in [0.25, 0.3) is 0 Å². The molecule has 0 aliphatic carbocycles. The number of esters is 1. The topological polar surface area (TPSA) is 175 Å². The average Bonchev–Trinajstić information content (AvgIpc) is 3.37. The Morgan fingerprint density at radius 1 is 0.521 bits per heavy atom. The van der Waals surface area contributed by atoms with E-state index in [1.165, 1.54) is 135 Å². The molecule has 1 amide bonds. The van der Waals surface area contributed by atoms with E-state index in [0.717, 1.165) is 96.3 Å². The minimum Gasteiger partial charge on any atom is -0.466 e. The molecule has 0 saturated carbocycles. The van der Waals surface area contributed by atoms with E-state index in [0.29, 0.717) is 19.4 Å². The van der Waals surface area contributed by atoms with Gasteiger partial charge < -0.3 is 45.1 Å². The molecule has 1 saturated heterocycles. The third-order valence-corrected chi connectivity index (χ3v) is 13.7. The first-order chi connectivity index (χ1) is 34.7. The summed E-state index contributed by atoms with van der Waals surface area (Å²) in [4.78, 5) is 25.1. The van der Waals surface area contributed by atoms with Gasteiger partial charge in [-0.05, 0) is 83.5 Å². The molecule has 11 nitrogen and oxygen atoms in total. The molecule has 0 radical (unpaired) electrons. The van der Waals surface area contributed by atoms with E-state index < -0.39 is 49.5 Å². The zero-order chi connectivity index (χ0) is 51.7. The maximum atomic E-state index is 13.0. The monoisotopic (exact) mass is 1000 g/mol. The number of rotatable bonds is 50. The van der Waals surface area contributed by atoms with Crippen LogP contribution in [0.25, 0.3) is 0 Å². The maximum Gasteiger partial charge on any atom is 0.305 e. The number of carbonyl (C=O) groups excluding carboxylic acids is 2. The minimum absolute atomic E-state index is 0.0298. The highest BCUT2D eigenvalue weighted by Gasteiger charge is 2.44. The number of hydrogen-bond acceptors (Lipinski definition) is 10. The fraction of sp³-hybridized carbons (Fsp3) is 0.833. The summed E-state index contributed by atoms with van der Waals surface area (Å²) in [5, 5.41) is 54.1. The quantitative estimate of drug-likeness (QED) is 0.0195. The van der Waals surface area contributed by atoms with Crippen molar-refractivity contribution in [1.29, 1.82) is 0 Å². The lowest BCUT2D eigenvalue weighted by Gasteiger charge is -2.40. The lowest BCUT2D eigenvalue weighted by atomic mass is 9.99. The van der Waals surface area contributed by atoms with Gasteiger partial charge in [-0.15, -0.1) is 0 Å². The first kappa shape index (κ1) is 66.6. The van der Waals surface area contributed by atoms with Gasteiger partial charge in [0.15, 0.2) is 6.29 Å². The highest BCUT2D eigenvalue weighted by Crippen LogP contribution is 2.23. The Bertz CT molecular complexity index is 1320. The Labute approximate surface area is 434 Å². The molecule has 0 aromatic carbocycles. The summed E-state index contributed by atoms with van der Waals surface area (Å²) in [6.07, 6.45) is 52.2. The first-order valence-corrected chi connectivity index (χ1v) is 29.4. The van der Waals surface area contributed by atoms with Crippen LogP contribution in [0.4, 0.5) is 0 Å². The standard InChI is InChI=1S/C60H109NO10/c1-3-5-7-9-11-13-14-15-16-18-22-25-28-32-36-40-44-48-56(65)69-49-45-41-37-33-29-26-23-20-17-19-21-24-27-31-35-39-43-47-55(64)61-52(53(63)46-42-38-34-30-12-10-8-6-4-2)51-70-60-59(68)58(67)57(66)54(50-62)71-60/h12,17,20,26,29-30,42,46,52-54,57-60,62-63,66-68H,3-11,13-16,18-19,21-25,27-28,31-41,43-45,47-51H2,1-2H3,(H,61,64)/b20-17-,29-26-,30-12+,46-42+. The summed E-state index contributed by atoms with van der Waals surface area (Å²) < 4.78 is 16.6. The van der Waals surface area contributed by atoms with E-state index in [1.54, 1.807) is 6.08 Å². The molecule has 1 aliphatic rings. The van der Waals surface area contributed by atoms with Crippen LogP contribution < -0.4 is 5.32 Å². The van der Waals surface area contributed by atoms with E-state index in [4.69, 9.17) is 14.2 Å². The molecule has 1 rings (SSSR count). The number of aliphatic hydroxyl groups excluding tert-OH is 5. The van der Waals surface area contributed by atoms with Crippen molar-refractivity contribution in [3.8, 4) is 0 Å². The molecule has 11 heteroatoms. The second-order valence-corrected chi connectivity index (χ2v) is 20.3. The highest BCUT2D eigenvalue weighted by molar-refractivity contribution is 5.76. The van der Waals surface area contributed by atoms with E-state index >= 15 is 0 Å². The Kier molecular flexibility index (Phi) is 46.7. The van der Waals surface area contributed by atoms with E-state index in [9.17, 15) is 35.1 Å². The van der Waals surface area contributed by atoms with Crippen molar-refractivity contribution >= 4 is 11.9 Å². The lowest BCUT2D eigenvalue weighted by molar-refractivity contribution is -0.302. The van der Waals surface area contributed by atoms with Crippen LogP contribution in [0.1, 0.15) is 258 Å². The summed E-state index contributed by atoms with van der Waals surface area (Å²) in [6.45, 7) is 4.22. The largest absolute Gasteiger partial charge is 0.466 e. The number of nitrogens with one attached hydrogen (secondary N) is 1. The molecule has 71 heavy (non-hydrogen) atoms. The van der Waals surface area contributed by atoms with Crippen LogP contribution in [0.2, 0.25) is 0 Å². The van der Waals surface area contributed by atoms with Crippen molar-refractivity contribution in [3.05, 3.63) is 48.6 Å². The van der Waals surface area contributed by atoms with E-state index in [1.807, 2.05) is 6.08 Å². The predicted molar refractivity (Wildman–Crippen MR) is 292 cm³/mol. The minimum atomic E-state index is -1.58. The molecule has 1 heterocycles. The highest BCUT2D eigenvalue weighted by atomic mass is 16.7. The molecule has 1 aliphatic heterocycles. The van der Waals surface area contributed by atoms with Crippen LogP contribution in [0.3, 0.4) is 0 Å². The summed E-state index contributed by atoms with van der Waals surface area (Å²) in [6, 6.07) is -0.839. The molecule has 1 fully saturated rings. The number of carbonyl (C=O) groups is 2. The Morgan fingerprint density at radius 3 is 1.51 bits per heavy atom. The van der Waals surface area contributed by atoms with E-state index in [2.05, 4.69) is 55.6 Å². The van der Waals surface area contributed by atoms with E-state index in [-0.39, 0.29) is 18.5 Å². The molecule has 414 valence electrons. The van der Waals surface area contributed by atoms with Gasteiger partial charge >= 0.3 is 5.97 Å². The molecule has 6 N–H and O–H groups in total. The number of amides is 1. The number of unbranched alkanes of at least 4 members (excludes halogenated alkanes) is 30. The van der Waals surface area contributed by atoms with Gasteiger partial charge in [-0.25, -0.2) is 0 Å². The first-order valence-electron chi connectivity index (χ1n) is 29.4. The summed E-state index contributed by atoms with van der Waals surface area (Å²) >= 11 is 0. The smallest absolute Gasteiger partial charge is 0.305 e. The van der Waals surface area contributed by atoms with Crippen LogP contribution >= 0.6 is 0 Å². The molecular formula is C60H109NO10. The number of ether oxygens (including phenoxy) is 3. The predicted octanol–water partition coefficient (Wildman–Crippen LogP) is 13.3. The van der Waals surface area contributed by atoms with Gasteiger partial charge in [-0.2, -0.15) is 0 Å². The summed E-state index contributed by atoms with van der Waals surface area (Å²) in [5.41, 5.74) is 0. The molecule has 7 atom stereocenters. The van der Waals surface area contributed by atoms with Crippen molar-refractivity contribution in [2.75, 3.05) is 19.8 Å². The second kappa shape index (κ2) is 49.8. The fourth-order valence-corrected chi connectivity index (χ4v) is 8.95. The number of allylic oxidation sites excluding steroid dienone is 7. The van der Waals surface area contributed by atoms with Gasteiger partial charge in [0, 0.05) is 12.8 Å². The van der Waals surface area contributed by atoms with Crippen LogP contribution in [0.15, 0.2) is 48.6 Å². The molecule has 0 spiro atoms. The molecule has 0 aromatic heterocycles. The summed E-state index contributed by atoms with van der Waals surface area (Å²) in [7, 11) is 0. The zero-order valence-electron chi connectivity index (χ0n) is 45.4. The molecule has 0 bridgehead atoms.